The van der Waals surface area contributed by atoms with Crippen LogP contribution in [0.25, 0.3) is 0 Å². The predicted molar refractivity (Wildman–Crippen MR) is 80.8 cm³/mol. The molecular formula is C17H21F2NO3. The van der Waals surface area contributed by atoms with Gasteiger partial charge in [-0.05, 0) is 56.2 Å². The number of benzene rings is 1. The number of amides is 1. The highest BCUT2D eigenvalue weighted by Gasteiger charge is 2.26. The summed E-state index contributed by atoms with van der Waals surface area (Å²) < 4.78 is 25.9. The molecule has 1 saturated carbocycles. The van der Waals surface area contributed by atoms with Crippen LogP contribution in [0.15, 0.2) is 18.2 Å². The van der Waals surface area contributed by atoms with E-state index in [1.165, 1.54) is 6.07 Å². The van der Waals surface area contributed by atoms with E-state index >= 15 is 0 Å². The highest BCUT2D eigenvalue weighted by atomic mass is 19.2. The molecule has 1 aliphatic rings. The summed E-state index contributed by atoms with van der Waals surface area (Å²) >= 11 is 0. The van der Waals surface area contributed by atoms with Crippen LogP contribution in [0, 0.1) is 17.6 Å². The van der Waals surface area contributed by atoms with Crippen LogP contribution in [-0.4, -0.2) is 23.0 Å². The number of aliphatic carboxylic acids is 1. The summed E-state index contributed by atoms with van der Waals surface area (Å²) in [5.41, 5.74) is 0.665. The van der Waals surface area contributed by atoms with E-state index in [4.69, 9.17) is 5.11 Å². The van der Waals surface area contributed by atoms with Gasteiger partial charge in [0.2, 0.25) is 5.91 Å². The second kappa shape index (κ2) is 8.04. The molecule has 23 heavy (non-hydrogen) atoms. The van der Waals surface area contributed by atoms with Gasteiger partial charge in [-0.15, -0.1) is 0 Å². The maximum absolute atomic E-state index is 13.1. The van der Waals surface area contributed by atoms with Gasteiger partial charge in [0.05, 0.1) is 5.92 Å². The van der Waals surface area contributed by atoms with Crippen molar-refractivity contribution >= 4 is 11.9 Å². The molecule has 4 nitrogen and oxygen atoms in total. The lowest BCUT2D eigenvalue weighted by Crippen LogP contribution is -2.38. The summed E-state index contributed by atoms with van der Waals surface area (Å²) in [6.45, 7) is 0. The van der Waals surface area contributed by atoms with E-state index in [9.17, 15) is 18.4 Å². The van der Waals surface area contributed by atoms with Gasteiger partial charge in [0.1, 0.15) is 0 Å². The molecule has 2 N–H and O–H groups in total. The maximum Gasteiger partial charge on any atom is 0.306 e. The van der Waals surface area contributed by atoms with Gasteiger partial charge >= 0.3 is 5.97 Å². The monoisotopic (exact) mass is 325 g/mol. The van der Waals surface area contributed by atoms with Crippen molar-refractivity contribution < 1.29 is 23.5 Å². The standard InChI is InChI=1S/C17H21F2NO3/c18-14-9-4-11(10-15(14)19)2-1-3-16(21)20-13-7-5-12(6-8-13)17(22)23/h4,9-10,12-13H,1-3,5-8H2,(H,20,21)(H,22,23). The number of rotatable bonds is 6. The van der Waals surface area contributed by atoms with E-state index < -0.39 is 17.6 Å². The molecule has 0 aromatic heterocycles. The Kier molecular flexibility index (Phi) is 6.07. The topological polar surface area (TPSA) is 66.4 Å². The molecule has 0 spiro atoms. The first-order chi connectivity index (χ1) is 11.0. The van der Waals surface area contributed by atoms with Gasteiger partial charge in [0, 0.05) is 12.5 Å². The van der Waals surface area contributed by atoms with Gasteiger partial charge in [-0.25, -0.2) is 8.78 Å². The van der Waals surface area contributed by atoms with Crippen molar-refractivity contribution in [1.29, 1.82) is 0 Å². The second-order valence-electron chi connectivity index (χ2n) is 6.06. The Morgan fingerprint density at radius 2 is 1.83 bits per heavy atom. The number of carboxylic acids is 1. The van der Waals surface area contributed by atoms with Crippen molar-refractivity contribution in [2.45, 2.75) is 51.0 Å². The number of carbonyl (C=O) groups is 2. The Morgan fingerprint density at radius 3 is 2.43 bits per heavy atom. The third kappa shape index (κ3) is 5.30. The first kappa shape index (κ1) is 17.4. The zero-order valence-electron chi connectivity index (χ0n) is 12.9. The lowest BCUT2D eigenvalue weighted by atomic mass is 9.86. The lowest BCUT2D eigenvalue weighted by Gasteiger charge is -2.26. The Balaban J connectivity index is 1.67. The van der Waals surface area contributed by atoms with Gasteiger partial charge in [-0.1, -0.05) is 6.07 Å². The van der Waals surface area contributed by atoms with E-state index in [0.29, 0.717) is 50.5 Å². The Labute approximate surface area is 133 Å². The molecule has 0 saturated heterocycles. The van der Waals surface area contributed by atoms with E-state index in [0.717, 1.165) is 12.1 Å². The summed E-state index contributed by atoms with van der Waals surface area (Å²) in [5.74, 6) is -2.88. The summed E-state index contributed by atoms with van der Waals surface area (Å²) in [4.78, 5) is 22.7. The lowest BCUT2D eigenvalue weighted by molar-refractivity contribution is -0.142. The van der Waals surface area contributed by atoms with Crippen LogP contribution in [0.4, 0.5) is 8.78 Å². The predicted octanol–water partition coefficient (Wildman–Crippen LogP) is 3.05. The number of hydrogen-bond acceptors (Lipinski definition) is 2. The van der Waals surface area contributed by atoms with Crippen molar-refractivity contribution in [3.8, 4) is 0 Å². The quantitative estimate of drug-likeness (QED) is 0.845. The fourth-order valence-electron chi connectivity index (χ4n) is 2.93. The average Bonchev–Trinajstić information content (AvgIpc) is 2.51. The van der Waals surface area contributed by atoms with Crippen molar-refractivity contribution in [3.63, 3.8) is 0 Å². The van der Waals surface area contributed by atoms with E-state index in [1.807, 2.05) is 0 Å². The fourth-order valence-corrected chi connectivity index (χ4v) is 2.93. The number of halogens is 2. The highest BCUT2D eigenvalue weighted by molar-refractivity contribution is 5.76. The minimum absolute atomic E-state index is 0.0429. The Hall–Kier alpha value is -1.98. The average molecular weight is 325 g/mol. The summed E-state index contributed by atoms with van der Waals surface area (Å²) in [5, 5.41) is 11.8. The third-order valence-electron chi connectivity index (χ3n) is 4.29. The van der Waals surface area contributed by atoms with E-state index in [2.05, 4.69) is 5.32 Å². The molecule has 0 unspecified atom stereocenters. The third-order valence-corrected chi connectivity index (χ3v) is 4.29. The molecule has 2 rings (SSSR count). The SMILES string of the molecule is O=C(CCCc1ccc(F)c(F)c1)NC1CCC(C(=O)O)CC1. The molecule has 0 aliphatic heterocycles. The van der Waals surface area contributed by atoms with Crippen LogP contribution in [0.2, 0.25) is 0 Å². The zero-order chi connectivity index (χ0) is 16.8. The zero-order valence-corrected chi connectivity index (χ0v) is 12.9. The fraction of sp³-hybridized carbons (Fsp3) is 0.529. The largest absolute Gasteiger partial charge is 0.481 e. The summed E-state index contributed by atoms with van der Waals surface area (Å²) in [6, 6.07) is 3.80. The van der Waals surface area contributed by atoms with Gasteiger partial charge in [0.15, 0.2) is 11.6 Å². The molecule has 1 aliphatic carbocycles. The van der Waals surface area contributed by atoms with Crippen LogP contribution in [0.5, 0.6) is 0 Å². The number of aryl methyl sites for hydroxylation is 1. The molecule has 0 heterocycles. The van der Waals surface area contributed by atoms with Crippen LogP contribution in [0.3, 0.4) is 0 Å². The molecule has 6 heteroatoms. The first-order valence-corrected chi connectivity index (χ1v) is 7.92. The van der Waals surface area contributed by atoms with E-state index in [-0.39, 0.29) is 17.9 Å². The van der Waals surface area contributed by atoms with Crippen LogP contribution in [0.1, 0.15) is 44.1 Å². The smallest absolute Gasteiger partial charge is 0.306 e. The molecule has 1 aromatic rings. The minimum Gasteiger partial charge on any atom is -0.481 e. The highest BCUT2D eigenvalue weighted by Crippen LogP contribution is 2.24. The molecule has 0 radical (unpaired) electrons. The number of hydrogen-bond donors (Lipinski definition) is 2. The minimum atomic E-state index is -0.873. The van der Waals surface area contributed by atoms with E-state index in [1.54, 1.807) is 0 Å². The number of carbonyl (C=O) groups excluding carboxylic acids is 1. The van der Waals surface area contributed by atoms with Crippen molar-refractivity contribution in [2.24, 2.45) is 5.92 Å². The number of carboxylic acid groups (broad SMARTS) is 1. The van der Waals surface area contributed by atoms with Crippen LogP contribution in [-0.2, 0) is 16.0 Å². The molecule has 126 valence electrons. The molecule has 1 amide bonds. The Morgan fingerprint density at radius 1 is 1.13 bits per heavy atom. The van der Waals surface area contributed by atoms with Crippen LogP contribution < -0.4 is 5.32 Å². The maximum atomic E-state index is 13.1. The molecule has 1 aromatic carbocycles. The van der Waals surface area contributed by atoms with Crippen molar-refractivity contribution in [1.82, 2.24) is 5.32 Å². The molecular weight excluding hydrogens is 304 g/mol. The van der Waals surface area contributed by atoms with Crippen LogP contribution >= 0.6 is 0 Å². The molecule has 1 fully saturated rings. The van der Waals surface area contributed by atoms with Gasteiger partial charge < -0.3 is 10.4 Å². The van der Waals surface area contributed by atoms with Gasteiger partial charge in [0.25, 0.3) is 0 Å². The summed E-state index contributed by atoms with van der Waals surface area (Å²) in [6.07, 6.45) is 3.94. The van der Waals surface area contributed by atoms with Gasteiger partial charge in [-0.3, -0.25) is 9.59 Å². The number of nitrogens with one attached hydrogen (secondary N) is 1. The second-order valence-corrected chi connectivity index (χ2v) is 6.06. The molecule has 0 bridgehead atoms. The van der Waals surface area contributed by atoms with Crippen molar-refractivity contribution in [2.75, 3.05) is 0 Å². The Bertz CT molecular complexity index is 569. The summed E-state index contributed by atoms with van der Waals surface area (Å²) in [7, 11) is 0. The van der Waals surface area contributed by atoms with Gasteiger partial charge in [-0.2, -0.15) is 0 Å². The first-order valence-electron chi connectivity index (χ1n) is 7.92. The molecule has 0 atom stereocenters. The van der Waals surface area contributed by atoms with Crippen molar-refractivity contribution in [3.05, 3.63) is 35.4 Å². The normalized spacial score (nSPS) is 21.0.